The average Bonchev–Trinajstić information content (AvgIpc) is 2.34. The Kier molecular flexibility index (Phi) is 5.92. The highest BCUT2D eigenvalue weighted by molar-refractivity contribution is 5.70. The van der Waals surface area contributed by atoms with E-state index in [1.54, 1.807) is 0 Å². The maximum Gasteiger partial charge on any atom is 0.307 e. The van der Waals surface area contributed by atoms with Gasteiger partial charge in [-0.15, -0.1) is 0 Å². The van der Waals surface area contributed by atoms with Crippen molar-refractivity contribution in [2.24, 2.45) is 5.92 Å². The van der Waals surface area contributed by atoms with Crippen LogP contribution in [0, 0.1) is 5.92 Å². The minimum absolute atomic E-state index is 0.216. The van der Waals surface area contributed by atoms with E-state index in [9.17, 15) is 9.90 Å². The van der Waals surface area contributed by atoms with E-state index in [2.05, 4.69) is 31.0 Å². The third-order valence-corrected chi connectivity index (χ3v) is 3.73. The summed E-state index contributed by atoms with van der Waals surface area (Å²) in [6, 6.07) is 0.807. The minimum Gasteiger partial charge on any atom is -0.481 e. The smallest absolute Gasteiger partial charge is 0.307 e. The molecule has 0 amide bonds. The largest absolute Gasteiger partial charge is 0.481 e. The molecule has 3 atom stereocenters. The highest BCUT2D eigenvalue weighted by Gasteiger charge is 2.32. The van der Waals surface area contributed by atoms with Gasteiger partial charge in [0.2, 0.25) is 0 Å². The van der Waals surface area contributed by atoms with Crippen LogP contribution in [0.5, 0.6) is 0 Å². The Labute approximate surface area is 104 Å². The van der Waals surface area contributed by atoms with E-state index in [4.69, 9.17) is 0 Å². The van der Waals surface area contributed by atoms with Gasteiger partial charge >= 0.3 is 5.97 Å². The van der Waals surface area contributed by atoms with Crippen molar-refractivity contribution in [2.45, 2.75) is 52.1 Å². The van der Waals surface area contributed by atoms with Gasteiger partial charge in [0.15, 0.2) is 0 Å². The van der Waals surface area contributed by atoms with Crippen LogP contribution in [0.2, 0.25) is 0 Å². The second-order valence-corrected chi connectivity index (χ2v) is 5.13. The molecule has 4 nitrogen and oxygen atoms in total. The number of carbonyl (C=O) groups is 1. The molecule has 0 aromatic rings. The van der Waals surface area contributed by atoms with Gasteiger partial charge in [-0.2, -0.15) is 0 Å². The van der Waals surface area contributed by atoms with Crippen molar-refractivity contribution in [2.75, 3.05) is 19.6 Å². The van der Waals surface area contributed by atoms with Gasteiger partial charge in [0, 0.05) is 25.2 Å². The lowest BCUT2D eigenvalue weighted by Gasteiger charge is -2.39. The molecule has 100 valence electrons. The molecular formula is C13H26N2O2. The van der Waals surface area contributed by atoms with Crippen LogP contribution in [0.1, 0.15) is 40.0 Å². The Balaban J connectivity index is 2.58. The van der Waals surface area contributed by atoms with Gasteiger partial charge in [0.05, 0.1) is 5.92 Å². The van der Waals surface area contributed by atoms with Crippen LogP contribution < -0.4 is 5.32 Å². The second kappa shape index (κ2) is 6.97. The van der Waals surface area contributed by atoms with Crippen LogP contribution in [0.15, 0.2) is 0 Å². The summed E-state index contributed by atoms with van der Waals surface area (Å²) < 4.78 is 0. The first-order valence-electron chi connectivity index (χ1n) is 6.78. The zero-order chi connectivity index (χ0) is 12.8. The maximum atomic E-state index is 11.2. The molecule has 2 N–H and O–H groups in total. The first kappa shape index (κ1) is 14.5. The van der Waals surface area contributed by atoms with Gasteiger partial charge in [-0.05, 0) is 32.7 Å². The van der Waals surface area contributed by atoms with E-state index in [1.807, 2.05) is 0 Å². The number of piperidine rings is 1. The zero-order valence-electron chi connectivity index (χ0n) is 11.3. The Morgan fingerprint density at radius 2 is 2.18 bits per heavy atom. The van der Waals surface area contributed by atoms with Crippen molar-refractivity contribution in [3.63, 3.8) is 0 Å². The Morgan fingerprint density at radius 3 is 2.71 bits per heavy atom. The number of aliphatic carboxylic acids is 1. The molecule has 4 heteroatoms. The Hall–Kier alpha value is -0.610. The maximum absolute atomic E-state index is 11.2. The molecule has 0 bridgehead atoms. The summed E-state index contributed by atoms with van der Waals surface area (Å²) in [6.45, 7) is 9.14. The van der Waals surface area contributed by atoms with Crippen molar-refractivity contribution in [1.29, 1.82) is 0 Å². The van der Waals surface area contributed by atoms with E-state index in [0.717, 1.165) is 32.4 Å². The molecule has 1 rings (SSSR count). The van der Waals surface area contributed by atoms with Crippen LogP contribution >= 0.6 is 0 Å². The van der Waals surface area contributed by atoms with E-state index >= 15 is 0 Å². The molecule has 0 saturated carbocycles. The number of likely N-dealkylation sites (tertiary alicyclic amines) is 1. The van der Waals surface area contributed by atoms with Crippen molar-refractivity contribution in [3.05, 3.63) is 0 Å². The molecule has 0 aromatic heterocycles. The van der Waals surface area contributed by atoms with Gasteiger partial charge in [-0.1, -0.05) is 13.8 Å². The quantitative estimate of drug-likeness (QED) is 0.742. The highest BCUT2D eigenvalue weighted by atomic mass is 16.4. The average molecular weight is 242 g/mol. The fraction of sp³-hybridized carbons (Fsp3) is 0.923. The SMILES string of the molecule is CCCNC1CC(C(=O)O)CN(C(C)CC)C1. The summed E-state index contributed by atoms with van der Waals surface area (Å²) in [7, 11) is 0. The highest BCUT2D eigenvalue weighted by Crippen LogP contribution is 2.20. The molecular weight excluding hydrogens is 216 g/mol. The van der Waals surface area contributed by atoms with Crippen LogP contribution in [0.25, 0.3) is 0 Å². The number of carboxylic acid groups (broad SMARTS) is 1. The molecule has 17 heavy (non-hydrogen) atoms. The van der Waals surface area contributed by atoms with Gasteiger partial charge in [0.25, 0.3) is 0 Å². The Bertz CT molecular complexity index is 246. The van der Waals surface area contributed by atoms with E-state index < -0.39 is 5.97 Å². The van der Waals surface area contributed by atoms with Crippen molar-refractivity contribution < 1.29 is 9.90 Å². The summed E-state index contributed by atoms with van der Waals surface area (Å²) in [5.41, 5.74) is 0. The monoisotopic (exact) mass is 242 g/mol. The van der Waals surface area contributed by atoms with Gasteiger partial charge in [-0.25, -0.2) is 0 Å². The lowest BCUT2D eigenvalue weighted by molar-refractivity contribution is -0.144. The van der Waals surface area contributed by atoms with Gasteiger partial charge < -0.3 is 10.4 Å². The first-order chi connectivity index (χ1) is 8.08. The fourth-order valence-corrected chi connectivity index (χ4v) is 2.43. The summed E-state index contributed by atoms with van der Waals surface area (Å²) in [5, 5.41) is 12.7. The van der Waals surface area contributed by atoms with Gasteiger partial charge in [-0.3, -0.25) is 9.69 Å². The normalized spacial score (nSPS) is 27.9. The summed E-state index contributed by atoms with van der Waals surface area (Å²) in [6.07, 6.45) is 2.94. The fourth-order valence-electron chi connectivity index (χ4n) is 2.43. The number of nitrogens with one attached hydrogen (secondary N) is 1. The third-order valence-electron chi connectivity index (χ3n) is 3.73. The topological polar surface area (TPSA) is 52.6 Å². The molecule has 1 heterocycles. The van der Waals surface area contributed by atoms with E-state index in [1.165, 1.54) is 0 Å². The molecule has 0 radical (unpaired) electrons. The molecule has 3 unspecified atom stereocenters. The molecule has 1 aliphatic heterocycles. The number of rotatable bonds is 6. The predicted octanol–water partition coefficient (Wildman–Crippen LogP) is 1.56. The minimum atomic E-state index is -0.652. The van der Waals surface area contributed by atoms with E-state index in [0.29, 0.717) is 18.6 Å². The van der Waals surface area contributed by atoms with Crippen LogP contribution in [-0.4, -0.2) is 47.7 Å². The van der Waals surface area contributed by atoms with Gasteiger partial charge in [0.1, 0.15) is 0 Å². The lowest BCUT2D eigenvalue weighted by atomic mass is 9.93. The molecule has 1 aliphatic rings. The standard InChI is InChI=1S/C13H26N2O2/c1-4-6-14-12-7-11(13(16)17)8-15(9-12)10(3)5-2/h10-12,14H,4-9H2,1-3H3,(H,16,17). The number of carboxylic acids is 1. The number of hydrogen-bond acceptors (Lipinski definition) is 3. The first-order valence-corrected chi connectivity index (χ1v) is 6.78. The third kappa shape index (κ3) is 4.28. The molecule has 0 aromatic carbocycles. The van der Waals surface area contributed by atoms with Crippen LogP contribution in [0.3, 0.4) is 0 Å². The Morgan fingerprint density at radius 1 is 1.47 bits per heavy atom. The number of hydrogen-bond donors (Lipinski definition) is 2. The van der Waals surface area contributed by atoms with E-state index in [-0.39, 0.29) is 5.92 Å². The second-order valence-electron chi connectivity index (χ2n) is 5.13. The summed E-state index contributed by atoms with van der Waals surface area (Å²) in [5.74, 6) is -0.867. The summed E-state index contributed by atoms with van der Waals surface area (Å²) in [4.78, 5) is 13.5. The predicted molar refractivity (Wildman–Crippen MR) is 69.2 cm³/mol. The molecule has 0 aliphatic carbocycles. The molecule has 1 saturated heterocycles. The number of nitrogens with zero attached hydrogens (tertiary/aromatic N) is 1. The van der Waals surface area contributed by atoms with Crippen molar-refractivity contribution in [1.82, 2.24) is 10.2 Å². The van der Waals surface area contributed by atoms with Crippen molar-refractivity contribution in [3.8, 4) is 0 Å². The van der Waals surface area contributed by atoms with Crippen LogP contribution in [-0.2, 0) is 4.79 Å². The lowest BCUT2D eigenvalue weighted by Crippen LogP contribution is -2.53. The van der Waals surface area contributed by atoms with Crippen LogP contribution in [0.4, 0.5) is 0 Å². The van der Waals surface area contributed by atoms with Crippen molar-refractivity contribution >= 4 is 5.97 Å². The molecule has 1 fully saturated rings. The summed E-state index contributed by atoms with van der Waals surface area (Å²) >= 11 is 0. The molecule has 0 spiro atoms. The zero-order valence-corrected chi connectivity index (χ0v) is 11.3.